The van der Waals surface area contributed by atoms with Crippen LogP contribution in [0.3, 0.4) is 0 Å². The molecule has 1 saturated heterocycles. The number of fused-ring (bicyclic) bond motifs is 4. The number of methoxy groups -OCH3 is 1. The number of hydrazine groups is 1. The molecule has 0 bridgehead atoms. The number of ether oxygens (including phenoxy) is 1. The highest BCUT2D eigenvalue weighted by molar-refractivity contribution is 6.71. The Morgan fingerprint density at radius 1 is 1.00 bits per heavy atom. The van der Waals surface area contributed by atoms with Gasteiger partial charge in [-0.2, -0.15) is 0 Å². The average molecular weight is 693 g/mol. The van der Waals surface area contributed by atoms with Gasteiger partial charge in [0.25, 0.3) is 0 Å². The largest absolute Gasteiger partial charge is 0.432 e. The highest BCUT2D eigenvalue weighted by Crippen LogP contribution is 2.51. The van der Waals surface area contributed by atoms with Crippen LogP contribution >= 0.6 is 11.6 Å². The van der Waals surface area contributed by atoms with E-state index in [1.54, 1.807) is 0 Å². The summed E-state index contributed by atoms with van der Waals surface area (Å²) >= 11 is 6.53. The Balaban J connectivity index is 1.06. The van der Waals surface area contributed by atoms with Crippen LogP contribution in [-0.2, 0) is 14.3 Å². The van der Waals surface area contributed by atoms with Crippen LogP contribution in [0.5, 0.6) is 0 Å². The lowest BCUT2D eigenvalue weighted by molar-refractivity contribution is -0.127. The van der Waals surface area contributed by atoms with E-state index in [2.05, 4.69) is 46.4 Å². The number of amides is 2. The van der Waals surface area contributed by atoms with E-state index >= 15 is 0 Å². The third-order valence-corrected chi connectivity index (χ3v) is 15.9. The second-order valence-corrected chi connectivity index (χ2v) is 20.9. The van der Waals surface area contributed by atoms with Crippen molar-refractivity contribution >= 4 is 37.4 Å². The Kier molecular flexibility index (Phi) is 11.7. The maximum atomic E-state index is 13.4. The Morgan fingerprint density at radius 3 is 2.51 bits per heavy atom. The second kappa shape index (κ2) is 15.4. The van der Waals surface area contributed by atoms with E-state index in [1.165, 1.54) is 18.6 Å². The number of rotatable bonds is 9. The highest BCUT2D eigenvalue weighted by atomic mass is 35.5. The number of nitrogens with zero attached hydrogens (tertiary/aromatic N) is 2. The summed E-state index contributed by atoms with van der Waals surface area (Å²) in [6.07, 6.45) is 14.3. The van der Waals surface area contributed by atoms with Crippen molar-refractivity contribution in [3.8, 4) is 0 Å². The lowest BCUT2D eigenvalue weighted by Crippen LogP contribution is -2.55. The molecule has 2 heterocycles. The molecule has 4 aliphatic carbocycles. The summed E-state index contributed by atoms with van der Waals surface area (Å²) in [6.45, 7) is 7.17. The van der Waals surface area contributed by atoms with Crippen LogP contribution in [0.1, 0.15) is 96.8 Å². The third kappa shape index (κ3) is 8.12. The van der Waals surface area contributed by atoms with E-state index in [0.29, 0.717) is 54.8 Å². The van der Waals surface area contributed by atoms with Crippen LogP contribution in [0, 0.1) is 29.6 Å². The Bertz CT molecular complexity index is 1130. The first-order chi connectivity index (χ1) is 22.5. The number of carbonyl (C=O) groups excluding carboxylic acids is 2. The molecule has 4 saturated carbocycles. The number of nitrogens with one attached hydrogen (secondary N) is 4. The van der Waals surface area contributed by atoms with Gasteiger partial charge in [0, 0.05) is 49.2 Å². The van der Waals surface area contributed by atoms with Crippen molar-refractivity contribution in [1.29, 1.82) is 0 Å². The molecule has 6 rings (SSSR count). The van der Waals surface area contributed by atoms with Gasteiger partial charge in [-0.1, -0.05) is 19.3 Å². The number of alkyl halides is 1. The first-order valence-electron chi connectivity index (χ1n) is 18.8. The number of hydrogen-bond acceptors (Lipinski definition) is 8. The molecule has 5 fully saturated rings. The summed E-state index contributed by atoms with van der Waals surface area (Å²) in [5, 5.41) is 6.47. The van der Waals surface area contributed by atoms with Crippen molar-refractivity contribution in [1.82, 2.24) is 26.4 Å². The topological polar surface area (TPSA) is 127 Å². The summed E-state index contributed by atoms with van der Waals surface area (Å²) < 4.78 is 5.89. The van der Waals surface area contributed by atoms with Gasteiger partial charge in [-0.15, -0.1) is 11.6 Å². The highest BCUT2D eigenvalue weighted by Gasteiger charge is 2.50. The Hall–Kier alpha value is -1.08. The first kappa shape index (κ1) is 35.7. The molecule has 2 aliphatic heterocycles. The Morgan fingerprint density at radius 2 is 1.77 bits per heavy atom. The lowest BCUT2D eigenvalue weighted by atomic mass is 9.67. The SMILES string of the molecule is COC1CCC2C(C1)C(C1CCC(Cl)CC1)=N[C@@H](CC(=O)NCCNC(=O)C1CCC3CCCC([Si](C)(C)O)C3C1)C1NNC(C)N21. The summed E-state index contributed by atoms with van der Waals surface area (Å²) in [4.78, 5) is 45.7. The van der Waals surface area contributed by atoms with Gasteiger partial charge in [0.05, 0.1) is 30.9 Å². The van der Waals surface area contributed by atoms with Crippen LogP contribution in [0.25, 0.3) is 0 Å². The molecular formula is C35H61ClN6O4Si. The Labute approximate surface area is 288 Å². The van der Waals surface area contributed by atoms with Gasteiger partial charge in [0.1, 0.15) is 0 Å². The first-order valence-corrected chi connectivity index (χ1v) is 22.3. The maximum Gasteiger partial charge on any atom is 0.223 e. The molecule has 0 spiro atoms. The number of aliphatic imine (C=N–C) groups is 1. The molecule has 10 atom stereocenters. The van der Waals surface area contributed by atoms with Gasteiger partial charge in [-0.3, -0.25) is 19.5 Å². The van der Waals surface area contributed by atoms with Gasteiger partial charge >= 0.3 is 0 Å². The van der Waals surface area contributed by atoms with Crippen molar-refractivity contribution in [3.05, 3.63) is 0 Å². The van der Waals surface area contributed by atoms with Crippen molar-refractivity contribution in [2.24, 2.45) is 34.6 Å². The third-order valence-electron chi connectivity index (χ3n) is 12.9. The van der Waals surface area contributed by atoms with Crippen LogP contribution in [0.2, 0.25) is 18.6 Å². The molecule has 0 aromatic heterocycles. The molecule has 6 aliphatic rings. The van der Waals surface area contributed by atoms with Crippen molar-refractivity contribution < 1.29 is 19.1 Å². The molecule has 10 nitrogen and oxygen atoms in total. The van der Waals surface area contributed by atoms with Crippen molar-refractivity contribution in [2.45, 2.75) is 151 Å². The molecule has 0 radical (unpaired) electrons. The molecule has 9 unspecified atom stereocenters. The summed E-state index contributed by atoms with van der Waals surface area (Å²) in [6, 6.07) is 0.139. The molecule has 266 valence electrons. The zero-order valence-electron chi connectivity index (χ0n) is 29.2. The van der Waals surface area contributed by atoms with E-state index in [4.69, 9.17) is 21.3 Å². The molecule has 5 N–H and O–H groups in total. The fraction of sp³-hybridized carbons (Fsp3) is 0.914. The average Bonchev–Trinajstić information content (AvgIpc) is 3.38. The molecule has 47 heavy (non-hydrogen) atoms. The second-order valence-electron chi connectivity index (χ2n) is 16.2. The normalized spacial score (nSPS) is 41.1. The number of halogens is 1. The lowest BCUT2D eigenvalue weighted by Gasteiger charge is -2.47. The van der Waals surface area contributed by atoms with Gasteiger partial charge in [-0.25, -0.2) is 10.9 Å². The van der Waals surface area contributed by atoms with Crippen molar-refractivity contribution in [2.75, 3.05) is 20.2 Å². The standard InChI is InChI=1S/C35H61ClN6O4Si/c1-21-40-41-34-29(39-33(23-10-12-25(36)13-11-23)28-19-26(46-2)14-15-30(28)42(21)34)20-32(43)37-16-17-38-35(44)24-9-8-22-6-5-7-31(27(22)18-24)47(3,4)45/h21-31,34,40-41,45H,5-20H2,1-4H3,(H,37,43)(H,38,44)/t21?,22?,23?,24?,25?,26?,27?,28?,29-,30?,31?,34?/m0/s1. The summed E-state index contributed by atoms with van der Waals surface area (Å²) in [5.41, 5.74) is 8.64. The smallest absolute Gasteiger partial charge is 0.223 e. The molecule has 12 heteroatoms. The van der Waals surface area contributed by atoms with Crippen LogP contribution in [0.4, 0.5) is 0 Å². The zero-order chi connectivity index (χ0) is 33.3. The molecule has 0 aromatic carbocycles. The van der Waals surface area contributed by atoms with Crippen LogP contribution in [-0.4, -0.2) is 91.6 Å². The molecule has 2 amide bonds. The minimum atomic E-state index is -2.25. The van der Waals surface area contributed by atoms with Crippen LogP contribution in [0.15, 0.2) is 4.99 Å². The van der Waals surface area contributed by atoms with E-state index < -0.39 is 8.32 Å². The number of carbonyl (C=O) groups is 2. The predicted molar refractivity (Wildman–Crippen MR) is 188 cm³/mol. The number of hydrogen-bond donors (Lipinski definition) is 5. The summed E-state index contributed by atoms with van der Waals surface area (Å²) in [5.74, 6) is 1.93. The van der Waals surface area contributed by atoms with Gasteiger partial charge < -0.3 is 20.2 Å². The maximum absolute atomic E-state index is 13.4. The van der Waals surface area contributed by atoms with Gasteiger partial charge in [-0.05, 0) is 108 Å². The minimum Gasteiger partial charge on any atom is -0.432 e. The predicted octanol–water partition coefficient (Wildman–Crippen LogP) is 4.28. The monoisotopic (exact) mass is 692 g/mol. The minimum absolute atomic E-state index is 0.00618. The fourth-order valence-corrected chi connectivity index (χ4v) is 13.1. The van der Waals surface area contributed by atoms with Gasteiger partial charge in [0.2, 0.25) is 11.8 Å². The van der Waals surface area contributed by atoms with Gasteiger partial charge in [0.15, 0.2) is 8.32 Å². The molecule has 0 aromatic rings. The van der Waals surface area contributed by atoms with E-state index in [9.17, 15) is 14.4 Å². The summed E-state index contributed by atoms with van der Waals surface area (Å²) in [7, 11) is -0.423. The van der Waals surface area contributed by atoms with E-state index in [1.807, 2.05) is 7.11 Å². The van der Waals surface area contributed by atoms with E-state index in [0.717, 1.165) is 70.6 Å². The van der Waals surface area contributed by atoms with Crippen molar-refractivity contribution in [3.63, 3.8) is 0 Å². The fourth-order valence-electron chi connectivity index (χ4n) is 10.5. The zero-order valence-corrected chi connectivity index (χ0v) is 30.9. The quantitative estimate of drug-likeness (QED) is 0.139. The van der Waals surface area contributed by atoms with Crippen LogP contribution < -0.4 is 21.5 Å². The molecular weight excluding hydrogens is 632 g/mol. The van der Waals surface area contributed by atoms with E-state index in [-0.39, 0.29) is 47.6 Å².